The van der Waals surface area contributed by atoms with E-state index in [4.69, 9.17) is 23.2 Å². The van der Waals surface area contributed by atoms with Crippen LogP contribution in [-0.4, -0.2) is 35.8 Å². The minimum absolute atomic E-state index is 0.00638. The van der Waals surface area contributed by atoms with Crippen LogP contribution in [0.25, 0.3) is 0 Å². The molecule has 1 fully saturated rings. The van der Waals surface area contributed by atoms with E-state index in [2.05, 4.69) is 5.32 Å². The molecule has 1 aliphatic rings. The minimum Gasteiger partial charge on any atom is -0.341 e. The van der Waals surface area contributed by atoms with Gasteiger partial charge in [0.15, 0.2) is 0 Å². The molecule has 2 rings (SSSR count). The second kappa shape index (κ2) is 8.02. The van der Waals surface area contributed by atoms with Crippen LogP contribution >= 0.6 is 23.2 Å². The topological polar surface area (TPSA) is 49.4 Å². The molecule has 126 valence electrons. The van der Waals surface area contributed by atoms with Crippen molar-refractivity contribution >= 4 is 35.0 Å². The average molecular weight is 357 g/mol. The van der Waals surface area contributed by atoms with E-state index in [0.717, 1.165) is 32.4 Å². The summed E-state index contributed by atoms with van der Waals surface area (Å²) >= 11 is 11.8. The Kier molecular flexibility index (Phi) is 6.31. The standard InChI is InChI=1S/C17H22Cl2N2O2/c1-11(2)15(17(23)21-8-4-3-5-9-21)20-16(22)12-6-7-13(18)14(19)10-12/h6-7,10-11,15H,3-5,8-9H2,1-2H3,(H,20,22)/t15-/m0/s1. The molecule has 2 amide bonds. The highest BCUT2D eigenvalue weighted by Crippen LogP contribution is 2.23. The molecule has 0 aliphatic carbocycles. The molecular weight excluding hydrogens is 335 g/mol. The summed E-state index contributed by atoms with van der Waals surface area (Å²) in [4.78, 5) is 27.0. The number of rotatable bonds is 4. The van der Waals surface area contributed by atoms with Gasteiger partial charge in [-0.3, -0.25) is 9.59 Å². The minimum atomic E-state index is -0.532. The van der Waals surface area contributed by atoms with E-state index in [0.29, 0.717) is 15.6 Å². The molecule has 1 saturated heterocycles. The molecule has 4 nitrogen and oxygen atoms in total. The van der Waals surface area contributed by atoms with Crippen LogP contribution in [0.15, 0.2) is 18.2 Å². The highest BCUT2D eigenvalue weighted by Gasteiger charge is 2.29. The van der Waals surface area contributed by atoms with Gasteiger partial charge in [-0.05, 0) is 43.4 Å². The van der Waals surface area contributed by atoms with Gasteiger partial charge in [0.25, 0.3) is 5.91 Å². The fraction of sp³-hybridized carbons (Fsp3) is 0.529. The monoisotopic (exact) mass is 356 g/mol. The smallest absolute Gasteiger partial charge is 0.251 e. The molecule has 23 heavy (non-hydrogen) atoms. The van der Waals surface area contributed by atoms with Crippen LogP contribution in [0.5, 0.6) is 0 Å². The first-order chi connectivity index (χ1) is 10.9. The fourth-order valence-electron chi connectivity index (χ4n) is 2.69. The number of piperidine rings is 1. The van der Waals surface area contributed by atoms with Crippen LogP contribution in [0, 0.1) is 5.92 Å². The molecule has 1 N–H and O–H groups in total. The Bertz CT molecular complexity index is 584. The molecule has 1 aliphatic heterocycles. The lowest BCUT2D eigenvalue weighted by Crippen LogP contribution is -2.52. The van der Waals surface area contributed by atoms with E-state index in [9.17, 15) is 9.59 Å². The number of likely N-dealkylation sites (tertiary alicyclic amines) is 1. The van der Waals surface area contributed by atoms with E-state index >= 15 is 0 Å². The molecule has 0 saturated carbocycles. The number of nitrogens with one attached hydrogen (secondary N) is 1. The van der Waals surface area contributed by atoms with Gasteiger partial charge in [-0.25, -0.2) is 0 Å². The summed E-state index contributed by atoms with van der Waals surface area (Å²) < 4.78 is 0. The number of amides is 2. The van der Waals surface area contributed by atoms with E-state index in [1.54, 1.807) is 12.1 Å². The number of benzene rings is 1. The zero-order valence-electron chi connectivity index (χ0n) is 13.4. The zero-order chi connectivity index (χ0) is 17.0. The first-order valence-electron chi connectivity index (χ1n) is 7.95. The van der Waals surface area contributed by atoms with Crippen LogP contribution in [0.4, 0.5) is 0 Å². The van der Waals surface area contributed by atoms with Crippen molar-refractivity contribution in [1.82, 2.24) is 10.2 Å². The predicted molar refractivity (Wildman–Crippen MR) is 93.0 cm³/mol. The number of nitrogens with zero attached hydrogens (tertiary/aromatic N) is 1. The molecule has 0 aromatic heterocycles. The molecule has 0 unspecified atom stereocenters. The number of carbonyl (C=O) groups excluding carboxylic acids is 2. The lowest BCUT2D eigenvalue weighted by Gasteiger charge is -2.32. The SMILES string of the molecule is CC(C)[C@H](NC(=O)c1ccc(Cl)c(Cl)c1)C(=O)N1CCCCC1. The second-order valence-electron chi connectivity index (χ2n) is 6.21. The maximum Gasteiger partial charge on any atom is 0.251 e. The number of hydrogen-bond acceptors (Lipinski definition) is 2. The van der Waals surface area contributed by atoms with Crippen molar-refractivity contribution in [1.29, 1.82) is 0 Å². The second-order valence-corrected chi connectivity index (χ2v) is 7.02. The summed E-state index contributed by atoms with van der Waals surface area (Å²) in [6, 6.07) is 4.17. The zero-order valence-corrected chi connectivity index (χ0v) is 15.0. The Morgan fingerprint density at radius 1 is 1.09 bits per heavy atom. The van der Waals surface area contributed by atoms with Crippen molar-refractivity contribution < 1.29 is 9.59 Å². The number of hydrogen-bond donors (Lipinski definition) is 1. The molecule has 1 atom stereocenters. The van der Waals surface area contributed by atoms with Gasteiger partial charge in [-0.1, -0.05) is 37.0 Å². The van der Waals surface area contributed by atoms with Crippen molar-refractivity contribution in [2.24, 2.45) is 5.92 Å². The van der Waals surface area contributed by atoms with E-state index in [-0.39, 0.29) is 17.7 Å². The molecule has 0 bridgehead atoms. The molecule has 1 aromatic carbocycles. The molecule has 0 spiro atoms. The number of halogens is 2. The number of carbonyl (C=O) groups is 2. The van der Waals surface area contributed by atoms with E-state index in [1.807, 2.05) is 18.7 Å². The third-order valence-electron chi connectivity index (χ3n) is 4.07. The summed E-state index contributed by atoms with van der Waals surface area (Å²) in [5.74, 6) is -0.308. The van der Waals surface area contributed by atoms with Crippen LogP contribution in [-0.2, 0) is 4.79 Å². The van der Waals surface area contributed by atoms with Gasteiger partial charge in [0.1, 0.15) is 6.04 Å². The quantitative estimate of drug-likeness (QED) is 0.892. The first kappa shape index (κ1) is 18.1. The van der Waals surface area contributed by atoms with Crippen molar-refractivity contribution in [3.05, 3.63) is 33.8 Å². The van der Waals surface area contributed by atoms with Crippen molar-refractivity contribution in [2.75, 3.05) is 13.1 Å². The van der Waals surface area contributed by atoms with Gasteiger partial charge >= 0.3 is 0 Å². The van der Waals surface area contributed by atoms with Gasteiger partial charge in [-0.2, -0.15) is 0 Å². The van der Waals surface area contributed by atoms with Crippen LogP contribution in [0.2, 0.25) is 10.0 Å². The highest BCUT2D eigenvalue weighted by atomic mass is 35.5. The Morgan fingerprint density at radius 2 is 1.74 bits per heavy atom. The molecular formula is C17H22Cl2N2O2. The van der Waals surface area contributed by atoms with Crippen LogP contribution in [0.1, 0.15) is 43.5 Å². The van der Waals surface area contributed by atoms with E-state index < -0.39 is 6.04 Å². The van der Waals surface area contributed by atoms with Gasteiger partial charge in [0.05, 0.1) is 10.0 Å². The summed E-state index contributed by atoms with van der Waals surface area (Å²) in [6.07, 6.45) is 3.21. The molecule has 1 aromatic rings. The first-order valence-corrected chi connectivity index (χ1v) is 8.70. The third kappa shape index (κ3) is 4.61. The lowest BCUT2D eigenvalue weighted by atomic mass is 10.0. The lowest BCUT2D eigenvalue weighted by molar-refractivity contribution is -0.135. The molecule has 1 heterocycles. The van der Waals surface area contributed by atoms with Crippen LogP contribution in [0.3, 0.4) is 0 Å². The Balaban J connectivity index is 2.10. The predicted octanol–water partition coefficient (Wildman–Crippen LogP) is 3.76. The Hall–Kier alpha value is -1.26. The fourth-order valence-corrected chi connectivity index (χ4v) is 2.98. The molecule has 6 heteroatoms. The average Bonchev–Trinajstić information content (AvgIpc) is 2.54. The van der Waals surface area contributed by atoms with Gasteiger partial charge in [0.2, 0.25) is 5.91 Å². The van der Waals surface area contributed by atoms with Gasteiger partial charge < -0.3 is 10.2 Å². The van der Waals surface area contributed by atoms with Crippen LogP contribution < -0.4 is 5.32 Å². The van der Waals surface area contributed by atoms with Gasteiger partial charge in [0, 0.05) is 18.7 Å². The highest BCUT2D eigenvalue weighted by molar-refractivity contribution is 6.42. The Labute approximate surface area is 147 Å². The summed E-state index contributed by atoms with van der Waals surface area (Å²) in [6.45, 7) is 5.40. The summed E-state index contributed by atoms with van der Waals surface area (Å²) in [5.41, 5.74) is 0.400. The summed E-state index contributed by atoms with van der Waals surface area (Å²) in [7, 11) is 0. The normalized spacial score (nSPS) is 16.3. The van der Waals surface area contributed by atoms with Crippen molar-refractivity contribution in [3.8, 4) is 0 Å². The van der Waals surface area contributed by atoms with E-state index in [1.165, 1.54) is 6.07 Å². The summed E-state index contributed by atoms with van der Waals surface area (Å²) in [5, 5.41) is 3.56. The van der Waals surface area contributed by atoms with Crippen molar-refractivity contribution in [3.63, 3.8) is 0 Å². The van der Waals surface area contributed by atoms with Gasteiger partial charge in [-0.15, -0.1) is 0 Å². The maximum absolute atomic E-state index is 12.7. The van der Waals surface area contributed by atoms with Crippen molar-refractivity contribution in [2.45, 2.75) is 39.2 Å². The largest absolute Gasteiger partial charge is 0.341 e. The Morgan fingerprint density at radius 3 is 2.30 bits per heavy atom. The maximum atomic E-state index is 12.7. The third-order valence-corrected chi connectivity index (χ3v) is 4.81. The molecule has 0 radical (unpaired) electrons.